The number of H-pyrrole nitrogens is 1. The molecular weight excluding hydrogens is 236 g/mol. The van der Waals surface area contributed by atoms with E-state index in [0.717, 1.165) is 29.2 Å². The SMILES string of the molecule is CNc1ccc2[nH]c(Cc3cccc(C)c3)nc2n1. The Morgan fingerprint density at radius 3 is 2.84 bits per heavy atom. The third-order valence-electron chi connectivity index (χ3n) is 3.11. The van der Waals surface area contributed by atoms with Crippen molar-refractivity contribution in [3.63, 3.8) is 0 Å². The van der Waals surface area contributed by atoms with Gasteiger partial charge in [-0.25, -0.2) is 9.97 Å². The van der Waals surface area contributed by atoms with E-state index >= 15 is 0 Å². The molecule has 0 amide bonds. The highest BCUT2D eigenvalue weighted by Crippen LogP contribution is 2.15. The molecule has 2 N–H and O–H groups in total. The van der Waals surface area contributed by atoms with Gasteiger partial charge in [0, 0.05) is 13.5 Å². The van der Waals surface area contributed by atoms with E-state index in [1.165, 1.54) is 11.1 Å². The van der Waals surface area contributed by atoms with Gasteiger partial charge in [0.05, 0.1) is 5.52 Å². The minimum atomic E-state index is 0.759. The molecule has 4 nitrogen and oxygen atoms in total. The smallest absolute Gasteiger partial charge is 0.179 e. The number of fused-ring (bicyclic) bond motifs is 1. The molecule has 0 spiro atoms. The number of rotatable bonds is 3. The predicted octanol–water partition coefficient (Wildman–Crippen LogP) is 2.90. The van der Waals surface area contributed by atoms with Crippen LogP contribution in [0.4, 0.5) is 5.82 Å². The Morgan fingerprint density at radius 2 is 2.05 bits per heavy atom. The number of aromatic nitrogens is 3. The summed E-state index contributed by atoms with van der Waals surface area (Å²) in [6, 6.07) is 12.4. The molecule has 2 aromatic heterocycles. The summed E-state index contributed by atoms with van der Waals surface area (Å²) in [5, 5.41) is 3.02. The lowest BCUT2D eigenvalue weighted by Crippen LogP contribution is -1.92. The van der Waals surface area contributed by atoms with Gasteiger partial charge in [-0.3, -0.25) is 0 Å². The first kappa shape index (κ1) is 11.7. The highest BCUT2D eigenvalue weighted by atomic mass is 15.0. The summed E-state index contributed by atoms with van der Waals surface area (Å²) >= 11 is 0. The van der Waals surface area contributed by atoms with E-state index in [1.54, 1.807) is 0 Å². The number of aryl methyl sites for hydroxylation is 1. The van der Waals surface area contributed by atoms with Gasteiger partial charge in [0.25, 0.3) is 0 Å². The fourth-order valence-corrected chi connectivity index (χ4v) is 2.18. The lowest BCUT2D eigenvalue weighted by atomic mass is 10.1. The van der Waals surface area contributed by atoms with Crippen LogP contribution in [0.25, 0.3) is 11.2 Å². The molecule has 0 radical (unpaired) electrons. The second-order valence-electron chi connectivity index (χ2n) is 4.67. The standard InChI is InChI=1S/C15H16N4/c1-10-4-3-5-11(8-10)9-14-17-12-6-7-13(16-2)18-15(12)19-14/h3-8H,9H2,1-2H3,(H2,16,17,18,19). The molecule has 1 aromatic carbocycles. The second-order valence-corrected chi connectivity index (χ2v) is 4.67. The van der Waals surface area contributed by atoms with Gasteiger partial charge in [-0.05, 0) is 24.6 Å². The van der Waals surface area contributed by atoms with Gasteiger partial charge in [-0.1, -0.05) is 29.8 Å². The van der Waals surface area contributed by atoms with Crippen LogP contribution in [0.3, 0.4) is 0 Å². The largest absolute Gasteiger partial charge is 0.373 e. The van der Waals surface area contributed by atoms with Gasteiger partial charge in [-0.15, -0.1) is 0 Å². The Bertz CT molecular complexity index is 715. The van der Waals surface area contributed by atoms with Crippen molar-refractivity contribution in [3.05, 3.63) is 53.3 Å². The van der Waals surface area contributed by atoms with Crippen molar-refractivity contribution in [1.29, 1.82) is 0 Å². The average molecular weight is 252 g/mol. The van der Waals surface area contributed by atoms with Crippen molar-refractivity contribution in [2.24, 2.45) is 0 Å². The number of hydrogen-bond donors (Lipinski definition) is 2. The van der Waals surface area contributed by atoms with Crippen molar-refractivity contribution in [1.82, 2.24) is 15.0 Å². The van der Waals surface area contributed by atoms with E-state index in [-0.39, 0.29) is 0 Å². The lowest BCUT2D eigenvalue weighted by Gasteiger charge is -1.99. The summed E-state index contributed by atoms with van der Waals surface area (Å²) < 4.78 is 0. The summed E-state index contributed by atoms with van der Waals surface area (Å²) in [5.41, 5.74) is 4.26. The molecule has 3 rings (SSSR count). The van der Waals surface area contributed by atoms with Crippen LogP contribution in [0.15, 0.2) is 36.4 Å². The maximum absolute atomic E-state index is 4.54. The molecule has 96 valence electrons. The van der Waals surface area contributed by atoms with Crippen molar-refractivity contribution in [3.8, 4) is 0 Å². The van der Waals surface area contributed by atoms with Gasteiger partial charge in [0.15, 0.2) is 5.65 Å². The van der Waals surface area contributed by atoms with E-state index in [9.17, 15) is 0 Å². The van der Waals surface area contributed by atoms with Gasteiger partial charge in [-0.2, -0.15) is 0 Å². The van der Waals surface area contributed by atoms with Gasteiger partial charge in [0.1, 0.15) is 11.6 Å². The maximum Gasteiger partial charge on any atom is 0.179 e. The van der Waals surface area contributed by atoms with Gasteiger partial charge in [0.2, 0.25) is 0 Å². The number of nitrogens with zero attached hydrogens (tertiary/aromatic N) is 2. The highest BCUT2D eigenvalue weighted by Gasteiger charge is 2.05. The molecule has 0 saturated heterocycles. The number of benzene rings is 1. The number of anilines is 1. The molecular formula is C15H16N4. The number of pyridine rings is 1. The Morgan fingerprint density at radius 1 is 1.16 bits per heavy atom. The molecule has 2 heterocycles. The molecule has 0 aliphatic rings. The summed E-state index contributed by atoms with van der Waals surface area (Å²) in [6.07, 6.45) is 0.799. The summed E-state index contributed by atoms with van der Waals surface area (Å²) in [7, 11) is 1.86. The van der Waals surface area contributed by atoms with Crippen LogP contribution in [-0.4, -0.2) is 22.0 Å². The topological polar surface area (TPSA) is 53.6 Å². The van der Waals surface area contributed by atoms with E-state index < -0.39 is 0 Å². The fourth-order valence-electron chi connectivity index (χ4n) is 2.18. The molecule has 0 aliphatic heterocycles. The quantitative estimate of drug-likeness (QED) is 0.753. The second kappa shape index (κ2) is 4.72. The number of aromatic amines is 1. The first-order valence-electron chi connectivity index (χ1n) is 6.33. The zero-order chi connectivity index (χ0) is 13.2. The molecule has 0 aliphatic carbocycles. The molecule has 4 heteroatoms. The van der Waals surface area contributed by atoms with E-state index in [2.05, 4.69) is 51.5 Å². The molecule has 19 heavy (non-hydrogen) atoms. The molecule has 0 unspecified atom stereocenters. The van der Waals surface area contributed by atoms with E-state index in [0.29, 0.717) is 0 Å². The first-order chi connectivity index (χ1) is 9.24. The van der Waals surface area contributed by atoms with Crippen LogP contribution in [0.1, 0.15) is 17.0 Å². The Kier molecular flexibility index (Phi) is 2.91. The summed E-state index contributed by atoms with van der Waals surface area (Å²) in [4.78, 5) is 12.3. The lowest BCUT2D eigenvalue weighted by molar-refractivity contribution is 1.03. The summed E-state index contributed by atoms with van der Waals surface area (Å²) in [6.45, 7) is 2.10. The molecule has 0 fully saturated rings. The zero-order valence-electron chi connectivity index (χ0n) is 11.1. The maximum atomic E-state index is 4.54. The normalized spacial score (nSPS) is 10.8. The number of nitrogens with one attached hydrogen (secondary N) is 2. The third kappa shape index (κ3) is 2.42. The fraction of sp³-hybridized carbons (Fsp3) is 0.200. The van der Waals surface area contributed by atoms with Gasteiger partial charge >= 0.3 is 0 Å². The Labute approximate surface area is 111 Å². The van der Waals surface area contributed by atoms with Crippen LogP contribution >= 0.6 is 0 Å². The predicted molar refractivity (Wildman–Crippen MR) is 77.4 cm³/mol. The van der Waals surface area contributed by atoms with E-state index in [1.807, 2.05) is 19.2 Å². The van der Waals surface area contributed by atoms with Crippen molar-refractivity contribution < 1.29 is 0 Å². The minimum absolute atomic E-state index is 0.759. The monoisotopic (exact) mass is 252 g/mol. The highest BCUT2D eigenvalue weighted by molar-refractivity contribution is 5.72. The van der Waals surface area contributed by atoms with Crippen LogP contribution in [0.2, 0.25) is 0 Å². The molecule has 0 saturated carbocycles. The van der Waals surface area contributed by atoms with E-state index in [4.69, 9.17) is 0 Å². The number of hydrogen-bond acceptors (Lipinski definition) is 3. The minimum Gasteiger partial charge on any atom is -0.373 e. The van der Waals surface area contributed by atoms with Crippen LogP contribution in [0.5, 0.6) is 0 Å². The van der Waals surface area contributed by atoms with Crippen molar-refractivity contribution in [2.75, 3.05) is 12.4 Å². The third-order valence-corrected chi connectivity index (χ3v) is 3.11. The molecule has 0 bridgehead atoms. The van der Waals surface area contributed by atoms with Crippen molar-refractivity contribution >= 4 is 17.0 Å². The van der Waals surface area contributed by atoms with Crippen LogP contribution in [-0.2, 0) is 6.42 Å². The Hall–Kier alpha value is -2.36. The van der Waals surface area contributed by atoms with Crippen LogP contribution in [0, 0.1) is 6.92 Å². The zero-order valence-corrected chi connectivity index (χ0v) is 11.1. The van der Waals surface area contributed by atoms with Crippen LogP contribution < -0.4 is 5.32 Å². The Balaban J connectivity index is 1.93. The first-order valence-corrected chi connectivity index (χ1v) is 6.33. The molecule has 3 aromatic rings. The molecule has 0 atom stereocenters. The van der Waals surface area contributed by atoms with Crippen molar-refractivity contribution in [2.45, 2.75) is 13.3 Å². The average Bonchev–Trinajstić information content (AvgIpc) is 2.79. The van der Waals surface area contributed by atoms with Gasteiger partial charge < -0.3 is 10.3 Å². The number of imidazole rings is 1. The summed E-state index contributed by atoms with van der Waals surface area (Å²) in [5.74, 6) is 1.78.